The maximum atomic E-state index is 13.4. The number of hydrogen-bond acceptors (Lipinski definition) is 3. The summed E-state index contributed by atoms with van der Waals surface area (Å²) in [5.41, 5.74) is 1.75. The normalized spacial score (nSPS) is 16.8. The van der Waals surface area contributed by atoms with Crippen LogP contribution in [0.4, 0.5) is 4.39 Å². The molecule has 1 fully saturated rings. The summed E-state index contributed by atoms with van der Waals surface area (Å²) in [6.45, 7) is 8.13. The van der Waals surface area contributed by atoms with Crippen molar-refractivity contribution in [2.45, 2.75) is 51.8 Å². The number of benzene rings is 2. The molecule has 4 nitrogen and oxygen atoms in total. The highest BCUT2D eigenvalue weighted by molar-refractivity contribution is 5.74. The Kier molecular flexibility index (Phi) is 6.35. The van der Waals surface area contributed by atoms with Crippen LogP contribution >= 0.6 is 0 Å². The first-order valence-electron chi connectivity index (χ1n) is 9.89. The lowest BCUT2D eigenvalue weighted by Crippen LogP contribution is -2.52. The van der Waals surface area contributed by atoms with Gasteiger partial charge in [-0.1, -0.05) is 24.3 Å². The molecule has 0 radical (unpaired) electrons. The Labute approximate surface area is 166 Å². The minimum Gasteiger partial charge on any atom is -0.491 e. The van der Waals surface area contributed by atoms with Gasteiger partial charge in [-0.3, -0.25) is 9.69 Å². The Hall–Kier alpha value is -2.40. The lowest BCUT2D eigenvalue weighted by Gasteiger charge is -2.42. The topological polar surface area (TPSA) is 41.6 Å². The van der Waals surface area contributed by atoms with Crippen LogP contribution in [0.25, 0.3) is 0 Å². The fraction of sp³-hybridized carbons (Fsp3) is 0.435. The molecular weight excluding hydrogens is 355 g/mol. The number of likely N-dealkylation sites (tertiary alicyclic amines) is 1. The Morgan fingerprint density at radius 2 is 1.86 bits per heavy atom. The fourth-order valence-electron chi connectivity index (χ4n) is 3.93. The largest absolute Gasteiger partial charge is 0.491 e. The molecule has 1 aliphatic rings. The predicted molar refractivity (Wildman–Crippen MR) is 109 cm³/mol. The van der Waals surface area contributed by atoms with Crippen molar-refractivity contribution < 1.29 is 13.9 Å². The zero-order chi connectivity index (χ0) is 20.1. The second-order valence-electron chi connectivity index (χ2n) is 7.86. The van der Waals surface area contributed by atoms with E-state index in [0.717, 1.165) is 43.8 Å². The number of nitrogens with one attached hydrogen (secondary N) is 1. The van der Waals surface area contributed by atoms with Gasteiger partial charge >= 0.3 is 0 Å². The molecule has 3 rings (SSSR count). The second-order valence-corrected chi connectivity index (χ2v) is 7.86. The number of amides is 1. The van der Waals surface area contributed by atoms with Gasteiger partial charge in [0, 0.05) is 26.6 Å². The molecule has 0 unspecified atom stereocenters. The molecular formula is C23H29FN2O2. The van der Waals surface area contributed by atoms with E-state index in [4.69, 9.17) is 4.74 Å². The van der Waals surface area contributed by atoms with Gasteiger partial charge < -0.3 is 10.1 Å². The van der Waals surface area contributed by atoms with Gasteiger partial charge in [0.15, 0.2) is 0 Å². The van der Waals surface area contributed by atoms with Gasteiger partial charge in [-0.25, -0.2) is 4.39 Å². The molecule has 0 spiro atoms. The van der Waals surface area contributed by atoms with E-state index in [0.29, 0.717) is 0 Å². The predicted octanol–water partition coefficient (Wildman–Crippen LogP) is 4.24. The van der Waals surface area contributed by atoms with Crippen LogP contribution in [0.2, 0.25) is 0 Å². The van der Waals surface area contributed by atoms with Crippen molar-refractivity contribution in [1.29, 1.82) is 0 Å². The standard InChI is InChI=1S/C23H29FN2O2/c1-17(2)28-22-6-4-5-19(15-22)16-26-13-11-23(12-14-26,25-18(3)27)20-7-9-21(24)10-8-20/h4-10,15,17H,11-14,16H2,1-3H3,(H,25,27). The SMILES string of the molecule is CC(=O)NC1(c2ccc(F)cc2)CCN(Cc2cccc(OC(C)C)c2)CC1. The lowest BCUT2D eigenvalue weighted by molar-refractivity contribution is -0.121. The lowest BCUT2D eigenvalue weighted by atomic mass is 9.80. The van der Waals surface area contributed by atoms with E-state index in [1.165, 1.54) is 24.6 Å². The van der Waals surface area contributed by atoms with Crippen molar-refractivity contribution in [3.05, 3.63) is 65.5 Å². The highest BCUT2D eigenvalue weighted by Crippen LogP contribution is 2.34. The molecule has 0 aliphatic carbocycles. The van der Waals surface area contributed by atoms with Crippen molar-refractivity contribution >= 4 is 5.91 Å². The zero-order valence-corrected chi connectivity index (χ0v) is 16.9. The Morgan fingerprint density at radius 3 is 2.46 bits per heavy atom. The molecule has 150 valence electrons. The molecule has 1 saturated heterocycles. The van der Waals surface area contributed by atoms with Gasteiger partial charge in [-0.15, -0.1) is 0 Å². The Morgan fingerprint density at radius 1 is 1.18 bits per heavy atom. The molecule has 28 heavy (non-hydrogen) atoms. The van der Waals surface area contributed by atoms with Crippen LogP contribution in [0.15, 0.2) is 48.5 Å². The fourth-order valence-corrected chi connectivity index (χ4v) is 3.93. The summed E-state index contributed by atoms with van der Waals surface area (Å²) in [4.78, 5) is 14.2. The summed E-state index contributed by atoms with van der Waals surface area (Å²) >= 11 is 0. The summed E-state index contributed by atoms with van der Waals surface area (Å²) in [6.07, 6.45) is 1.74. The first kappa shape index (κ1) is 20.3. The number of halogens is 1. The van der Waals surface area contributed by atoms with Crippen LogP contribution in [0.5, 0.6) is 5.75 Å². The van der Waals surface area contributed by atoms with E-state index < -0.39 is 5.54 Å². The Balaban J connectivity index is 1.69. The van der Waals surface area contributed by atoms with Crippen LogP contribution in [-0.4, -0.2) is 30.0 Å². The number of carbonyl (C=O) groups excluding carboxylic acids is 1. The third kappa shape index (κ3) is 5.10. The molecule has 0 aromatic heterocycles. The van der Waals surface area contributed by atoms with E-state index in [2.05, 4.69) is 22.3 Å². The van der Waals surface area contributed by atoms with Crippen LogP contribution in [-0.2, 0) is 16.9 Å². The number of rotatable bonds is 6. The van der Waals surface area contributed by atoms with Crippen LogP contribution in [0, 0.1) is 5.82 Å². The average molecular weight is 384 g/mol. The van der Waals surface area contributed by atoms with Gasteiger partial charge in [0.05, 0.1) is 11.6 Å². The summed E-state index contributed by atoms with van der Waals surface area (Å²) < 4.78 is 19.1. The van der Waals surface area contributed by atoms with Gasteiger partial charge in [-0.2, -0.15) is 0 Å². The molecule has 0 atom stereocenters. The van der Waals surface area contributed by atoms with Gasteiger partial charge in [0.25, 0.3) is 0 Å². The molecule has 1 N–H and O–H groups in total. The van der Waals surface area contributed by atoms with Crippen LogP contribution in [0.3, 0.4) is 0 Å². The zero-order valence-electron chi connectivity index (χ0n) is 16.9. The molecule has 1 aliphatic heterocycles. The highest BCUT2D eigenvalue weighted by Gasteiger charge is 2.36. The number of piperidine rings is 1. The monoisotopic (exact) mass is 384 g/mol. The van der Waals surface area contributed by atoms with E-state index >= 15 is 0 Å². The van der Waals surface area contributed by atoms with Gasteiger partial charge in [-0.05, 0) is 62.1 Å². The third-order valence-electron chi connectivity index (χ3n) is 5.20. The van der Waals surface area contributed by atoms with Crippen molar-refractivity contribution in [2.24, 2.45) is 0 Å². The smallest absolute Gasteiger partial charge is 0.217 e. The average Bonchev–Trinajstić information content (AvgIpc) is 2.63. The summed E-state index contributed by atoms with van der Waals surface area (Å²) in [7, 11) is 0. The van der Waals surface area contributed by atoms with Crippen molar-refractivity contribution in [3.8, 4) is 5.75 Å². The first-order chi connectivity index (χ1) is 13.4. The van der Waals surface area contributed by atoms with Crippen LogP contribution in [0.1, 0.15) is 44.7 Å². The van der Waals surface area contributed by atoms with E-state index in [1.807, 2.05) is 26.0 Å². The molecule has 2 aromatic carbocycles. The van der Waals surface area contributed by atoms with Gasteiger partial charge in [0.2, 0.25) is 5.91 Å². The maximum absolute atomic E-state index is 13.4. The molecule has 1 heterocycles. The van der Waals surface area contributed by atoms with E-state index in [1.54, 1.807) is 12.1 Å². The second kappa shape index (κ2) is 8.74. The van der Waals surface area contributed by atoms with Crippen molar-refractivity contribution in [2.75, 3.05) is 13.1 Å². The third-order valence-corrected chi connectivity index (χ3v) is 5.20. The molecule has 1 amide bonds. The van der Waals surface area contributed by atoms with Crippen molar-refractivity contribution in [1.82, 2.24) is 10.2 Å². The number of hydrogen-bond donors (Lipinski definition) is 1. The summed E-state index contributed by atoms with van der Waals surface area (Å²) in [5.74, 6) is 0.572. The minimum absolute atomic E-state index is 0.0590. The highest BCUT2D eigenvalue weighted by atomic mass is 19.1. The maximum Gasteiger partial charge on any atom is 0.217 e. The van der Waals surface area contributed by atoms with Gasteiger partial charge in [0.1, 0.15) is 11.6 Å². The molecule has 0 bridgehead atoms. The summed E-state index contributed by atoms with van der Waals surface area (Å²) in [5, 5.41) is 3.14. The Bertz CT molecular complexity index is 797. The number of ether oxygens (including phenoxy) is 1. The van der Waals surface area contributed by atoms with E-state index in [-0.39, 0.29) is 17.8 Å². The molecule has 0 saturated carbocycles. The molecule has 5 heteroatoms. The minimum atomic E-state index is -0.432. The summed E-state index contributed by atoms with van der Waals surface area (Å²) in [6, 6.07) is 14.7. The van der Waals surface area contributed by atoms with E-state index in [9.17, 15) is 9.18 Å². The van der Waals surface area contributed by atoms with Crippen LogP contribution < -0.4 is 10.1 Å². The number of carbonyl (C=O) groups is 1. The molecule has 2 aromatic rings. The first-order valence-corrected chi connectivity index (χ1v) is 9.89. The van der Waals surface area contributed by atoms with Crippen molar-refractivity contribution in [3.63, 3.8) is 0 Å². The quantitative estimate of drug-likeness (QED) is 0.810. The number of nitrogens with zero attached hydrogens (tertiary/aromatic N) is 1.